The molecule has 2 aromatic carbocycles. The van der Waals surface area contributed by atoms with Gasteiger partial charge in [-0.15, -0.1) is 0 Å². The molecule has 30 heavy (non-hydrogen) atoms. The molecule has 1 amide bonds. The molecule has 0 spiro atoms. The number of anilines is 1. The quantitative estimate of drug-likeness (QED) is 0.481. The van der Waals surface area contributed by atoms with E-state index in [9.17, 15) is 13.2 Å². The lowest BCUT2D eigenvalue weighted by Gasteiger charge is -2.18. The monoisotopic (exact) mass is 462 g/mol. The van der Waals surface area contributed by atoms with Crippen molar-refractivity contribution in [3.05, 3.63) is 65.7 Å². The average molecular weight is 463 g/mol. The van der Waals surface area contributed by atoms with E-state index in [1.165, 1.54) is 28.2 Å². The third-order valence-electron chi connectivity index (χ3n) is 4.28. The molecule has 3 rings (SSSR count). The number of carbonyl (C=O) groups excluding carboxylic acids is 1. The van der Waals surface area contributed by atoms with Gasteiger partial charge in [-0.1, -0.05) is 62.0 Å². The molecule has 0 bridgehead atoms. The predicted octanol–water partition coefficient (Wildman–Crippen LogP) is 4.11. The molecule has 7 nitrogen and oxygen atoms in total. The second-order valence-corrected chi connectivity index (χ2v) is 9.86. The van der Waals surface area contributed by atoms with Crippen molar-refractivity contribution >= 4 is 44.4 Å². The van der Waals surface area contributed by atoms with Gasteiger partial charge in [0.1, 0.15) is 0 Å². The Kier molecular flexibility index (Phi) is 7.59. The number of carbonyl (C=O) groups is 1. The van der Waals surface area contributed by atoms with Crippen molar-refractivity contribution in [1.29, 1.82) is 0 Å². The first kappa shape index (κ1) is 22.4. The minimum Gasteiger partial charge on any atom is -0.297 e. The van der Waals surface area contributed by atoms with Gasteiger partial charge >= 0.3 is 0 Å². The summed E-state index contributed by atoms with van der Waals surface area (Å²) in [6, 6.07) is 16.0. The number of amides is 1. The zero-order chi connectivity index (χ0) is 21.6. The molecule has 158 valence electrons. The standard InChI is InChI=1S/C20H22N4O3S3/c1-3-24(4-2)30(26,27)17-12-8-11-16(13-17)18(25)21-19-22-20(23-29-19)28-14-15-9-6-5-7-10-15/h5-13H,3-4,14H2,1-2H3,(H,21,22,23,25). The number of hydrogen-bond acceptors (Lipinski definition) is 7. The average Bonchev–Trinajstić information content (AvgIpc) is 3.21. The van der Waals surface area contributed by atoms with Crippen molar-refractivity contribution < 1.29 is 13.2 Å². The summed E-state index contributed by atoms with van der Waals surface area (Å²) in [4.78, 5) is 17.0. The lowest BCUT2D eigenvalue weighted by Crippen LogP contribution is -2.30. The van der Waals surface area contributed by atoms with Crippen LogP contribution in [0.1, 0.15) is 29.8 Å². The molecular formula is C20H22N4O3S3. The van der Waals surface area contributed by atoms with Gasteiger partial charge in [0, 0.05) is 35.9 Å². The number of sulfonamides is 1. The molecule has 0 aliphatic rings. The van der Waals surface area contributed by atoms with E-state index in [1.807, 2.05) is 30.3 Å². The summed E-state index contributed by atoms with van der Waals surface area (Å²) in [6.45, 7) is 4.29. The highest BCUT2D eigenvalue weighted by Gasteiger charge is 2.22. The molecular weight excluding hydrogens is 440 g/mol. The van der Waals surface area contributed by atoms with Crippen LogP contribution < -0.4 is 5.32 Å². The van der Waals surface area contributed by atoms with Crippen molar-refractivity contribution in [2.45, 2.75) is 29.7 Å². The van der Waals surface area contributed by atoms with Crippen LogP contribution in [0, 0.1) is 0 Å². The number of aromatic nitrogens is 2. The van der Waals surface area contributed by atoms with Crippen LogP contribution in [0.25, 0.3) is 0 Å². The van der Waals surface area contributed by atoms with Crippen molar-refractivity contribution in [3.63, 3.8) is 0 Å². The van der Waals surface area contributed by atoms with Gasteiger partial charge in [0.25, 0.3) is 5.91 Å². The van der Waals surface area contributed by atoms with Crippen LogP contribution in [-0.4, -0.2) is 41.1 Å². The Hall–Kier alpha value is -2.27. The molecule has 10 heteroatoms. The minimum atomic E-state index is -3.64. The molecule has 0 radical (unpaired) electrons. The van der Waals surface area contributed by atoms with Gasteiger partial charge in [0.05, 0.1) is 4.90 Å². The van der Waals surface area contributed by atoms with Crippen LogP contribution in [0.4, 0.5) is 5.13 Å². The van der Waals surface area contributed by atoms with E-state index in [-0.39, 0.29) is 10.5 Å². The van der Waals surface area contributed by atoms with Crippen molar-refractivity contribution in [2.24, 2.45) is 0 Å². The zero-order valence-corrected chi connectivity index (χ0v) is 19.1. The van der Waals surface area contributed by atoms with E-state index in [4.69, 9.17) is 0 Å². The molecule has 1 heterocycles. The molecule has 0 aliphatic carbocycles. The molecule has 1 aromatic heterocycles. The first-order chi connectivity index (χ1) is 14.4. The smallest absolute Gasteiger partial charge is 0.257 e. The van der Waals surface area contributed by atoms with Crippen molar-refractivity contribution in [2.75, 3.05) is 18.4 Å². The number of nitrogens with zero attached hydrogens (tertiary/aromatic N) is 3. The molecule has 0 atom stereocenters. The van der Waals surface area contributed by atoms with Gasteiger partial charge < -0.3 is 0 Å². The zero-order valence-electron chi connectivity index (χ0n) is 16.6. The van der Waals surface area contributed by atoms with Crippen molar-refractivity contribution in [1.82, 2.24) is 13.7 Å². The number of thioether (sulfide) groups is 1. The molecule has 0 unspecified atom stereocenters. The summed E-state index contributed by atoms with van der Waals surface area (Å²) in [5.74, 6) is 0.304. The van der Waals surface area contributed by atoms with Gasteiger partial charge in [-0.3, -0.25) is 10.1 Å². The Morgan fingerprint density at radius 3 is 2.53 bits per heavy atom. The summed E-state index contributed by atoms with van der Waals surface area (Å²) in [7, 11) is -3.64. The number of benzene rings is 2. The third kappa shape index (κ3) is 5.45. The highest BCUT2D eigenvalue weighted by atomic mass is 32.2. The van der Waals surface area contributed by atoms with Gasteiger partial charge in [-0.25, -0.2) is 8.42 Å². The van der Waals surface area contributed by atoms with E-state index in [1.54, 1.807) is 26.0 Å². The van der Waals surface area contributed by atoms with E-state index in [0.717, 1.165) is 22.8 Å². The molecule has 3 aromatic rings. The van der Waals surface area contributed by atoms with Crippen LogP contribution in [0.2, 0.25) is 0 Å². The predicted molar refractivity (Wildman–Crippen MR) is 120 cm³/mol. The fraction of sp³-hybridized carbons (Fsp3) is 0.250. The summed E-state index contributed by atoms with van der Waals surface area (Å²) in [6.07, 6.45) is 0. The Balaban J connectivity index is 1.67. The Labute approximate surface area is 184 Å². The van der Waals surface area contributed by atoms with Crippen LogP contribution in [-0.2, 0) is 15.8 Å². The Bertz CT molecular complexity index is 1100. The third-order valence-corrected chi connectivity index (χ3v) is 7.99. The molecule has 0 aliphatic heterocycles. The van der Waals surface area contributed by atoms with Crippen LogP contribution in [0.5, 0.6) is 0 Å². The highest BCUT2D eigenvalue weighted by molar-refractivity contribution is 7.98. The summed E-state index contributed by atoms with van der Waals surface area (Å²) in [5, 5.41) is 3.65. The van der Waals surface area contributed by atoms with Crippen LogP contribution in [0.3, 0.4) is 0 Å². The summed E-state index contributed by atoms with van der Waals surface area (Å²) in [5.41, 5.74) is 1.41. The van der Waals surface area contributed by atoms with E-state index < -0.39 is 15.9 Å². The SMILES string of the molecule is CCN(CC)S(=O)(=O)c1cccc(C(=O)Nc2nc(SCc3ccccc3)ns2)c1. The second-order valence-electron chi connectivity index (χ2n) is 6.23. The highest BCUT2D eigenvalue weighted by Crippen LogP contribution is 2.24. The maximum absolute atomic E-state index is 12.7. The molecule has 1 N–H and O–H groups in total. The van der Waals surface area contributed by atoms with Gasteiger partial charge in [-0.05, 0) is 23.8 Å². The first-order valence-electron chi connectivity index (χ1n) is 9.36. The summed E-state index contributed by atoms with van der Waals surface area (Å²) < 4.78 is 31.0. The van der Waals surface area contributed by atoms with Gasteiger partial charge in [-0.2, -0.15) is 13.7 Å². The van der Waals surface area contributed by atoms with Crippen LogP contribution in [0.15, 0.2) is 64.6 Å². The normalized spacial score (nSPS) is 11.6. The minimum absolute atomic E-state index is 0.0928. The second kappa shape index (κ2) is 10.2. The molecule has 0 saturated carbocycles. The lowest BCUT2D eigenvalue weighted by atomic mass is 10.2. The first-order valence-corrected chi connectivity index (χ1v) is 12.6. The van der Waals surface area contributed by atoms with E-state index in [2.05, 4.69) is 14.7 Å². The van der Waals surface area contributed by atoms with Crippen molar-refractivity contribution in [3.8, 4) is 0 Å². The van der Waals surface area contributed by atoms with Gasteiger partial charge in [0.15, 0.2) is 0 Å². The number of nitrogens with one attached hydrogen (secondary N) is 1. The fourth-order valence-electron chi connectivity index (χ4n) is 2.72. The fourth-order valence-corrected chi connectivity index (χ4v) is 5.72. The van der Waals surface area contributed by atoms with E-state index in [0.29, 0.717) is 23.4 Å². The largest absolute Gasteiger partial charge is 0.297 e. The number of rotatable bonds is 9. The lowest BCUT2D eigenvalue weighted by molar-refractivity contribution is 0.102. The van der Waals surface area contributed by atoms with E-state index >= 15 is 0 Å². The summed E-state index contributed by atoms with van der Waals surface area (Å²) >= 11 is 2.57. The molecule has 0 saturated heterocycles. The Morgan fingerprint density at radius 1 is 1.10 bits per heavy atom. The Morgan fingerprint density at radius 2 is 1.83 bits per heavy atom. The number of hydrogen-bond donors (Lipinski definition) is 1. The van der Waals surface area contributed by atoms with Gasteiger partial charge in [0.2, 0.25) is 20.3 Å². The maximum Gasteiger partial charge on any atom is 0.257 e. The topological polar surface area (TPSA) is 92.3 Å². The molecule has 0 fully saturated rings. The maximum atomic E-state index is 12.7. The van der Waals surface area contributed by atoms with Crippen LogP contribution >= 0.6 is 23.3 Å².